The largest absolute Gasteiger partial charge is 0.369 e. The summed E-state index contributed by atoms with van der Waals surface area (Å²) in [5.74, 6) is -0.274. The van der Waals surface area contributed by atoms with E-state index in [1.807, 2.05) is 24.3 Å². The lowest BCUT2D eigenvalue weighted by Crippen LogP contribution is -2.42. The molecule has 2 amide bonds. The second-order valence-electron chi connectivity index (χ2n) is 5.74. The summed E-state index contributed by atoms with van der Waals surface area (Å²) in [5.41, 5.74) is 5.61. The Labute approximate surface area is 122 Å². The van der Waals surface area contributed by atoms with Gasteiger partial charge in [-0.15, -0.1) is 0 Å². The third-order valence-electron chi connectivity index (χ3n) is 4.43. The normalized spacial score (nSPS) is 23.6. The highest BCUT2D eigenvalue weighted by Crippen LogP contribution is 2.48. The van der Waals surface area contributed by atoms with Crippen molar-refractivity contribution >= 4 is 23.4 Å². The molecule has 0 radical (unpaired) electrons. The van der Waals surface area contributed by atoms with Crippen molar-refractivity contribution in [2.24, 2.45) is 11.1 Å². The zero-order chi connectivity index (χ0) is 14.3. The number of benzene rings is 1. The molecule has 2 fully saturated rings. The molecule has 2 aliphatic rings. The van der Waals surface area contributed by atoms with Crippen LogP contribution in [0.4, 0.5) is 0 Å². The Balaban J connectivity index is 1.71. The van der Waals surface area contributed by atoms with Crippen LogP contribution in [0.5, 0.6) is 0 Å². The Hall–Kier alpha value is -1.55. The second-order valence-corrected chi connectivity index (χ2v) is 6.17. The number of hydrogen-bond donors (Lipinski definition) is 1. The van der Waals surface area contributed by atoms with E-state index >= 15 is 0 Å². The van der Waals surface area contributed by atoms with Gasteiger partial charge in [-0.1, -0.05) is 23.7 Å². The number of carbonyl (C=O) groups is 2. The average Bonchev–Trinajstić information content (AvgIpc) is 3.09. The van der Waals surface area contributed by atoms with Crippen molar-refractivity contribution in [1.82, 2.24) is 4.90 Å². The maximum Gasteiger partial charge on any atom is 0.238 e. The molecule has 1 saturated heterocycles. The van der Waals surface area contributed by atoms with Crippen molar-refractivity contribution < 1.29 is 9.59 Å². The summed E-state index contributed by atoms with van der Waals surface area (Å²) in [4.78, 5) is 25.6. The van der Waals surface area contributed by atoms with Crippen molar-refractivity contribution in [2.75, 3.05) is 13.1 Å². The SMILES string of the molecule is NC(=O)C1(C(=O)N2CCC(c3cccc(Cl)c3)C2)CC1. The molecule has 1 aromatic carbocycles. The molecule has 1 atom stereocenters. The van der Waals surface area contributed by atoms with Crippen LogP contribution in [0.2, 0.25) is 5.02 Å². The van der Waals surface area contributed by atoms with Crippen LogP contribution < -0.4 is 5.73 Å². The van der Waals surface area contributed by atoms with Gasteiger partial charge in [0, 0.05) is 24.0 Å². The van der Waals surface area contributed by atoms with Gasteiger partial charge >= 0.3 is 0 Å². The van der Waals surface area contributed by atoms with Gasteiger partial charge in [-0.25, -0.2) is 0 Å². The van der Waals surface area contributed by atoms with Crippen LogP contribution in [0.25, 0.3) is 0 Å². The number of amides is 2. The number of nitrogens with zero attached hydrogens (tertiary/aromatic N) is 1. The molecule has 1 aromatic rings. The van der Waals surface area contributed by atoms with Crippen LogP contribution in [0.15, 0.2) is 24.3 Å². The van der Waals surface area contributed by atoms with Crippen molar-refractivity contribution in [1.29, 1.82) is 0 Å². The van der Waals surface area contributed by atoms with Crippen molar-refractivity contribution in [3.63, 3.8) is 0 Å². The Morgan fingerprint density at radius 1 is 1.35 bits per heavy atom. The summed E-state index contributed by atoms with van der Waals surface area (Å²) in [5, 5.41) is 0.711. The van der Waals surface area contributed by atoms with Gasteiger partial charge in [0.2, 0.25) is 11.8 Å². The van der Waals surface area contributed by atoms with E-state index < -0.39 is 11.3 Å². The van der Waals surface area contributed by atoms with Gasteiger partial charge in [0.15, 0.2) is 0 Å². The molecule has 1 unspecified atom stereocenters. The fourth-order valence-corrected chi connectivity index (χ4v) is 3.17. The molecule has 1 heterocycles. The summed E-state index contributed by atoms with van der Waals surface area (Å²) >= 11 is 6.00. The Morgan fingerprint density at radius 3 is 2.70 bits per heavy atom. The topological polar surface area (TPSA) is 63.4 Å². The third-order valence-corrected chi connectivity index (χ3v) is 4.66. The Morgan fingerprint density at radius 2 is 2.10 bits per heavy atom. The first kappa shape index (κ1) is 13.4. The highest BCUT2D eigenvalue weighted by molar-refractivity contribution is 6.30. The molecule has 2 N–H and O–H groups in total. The monoisotopic (exact) mass is 292 g/mol. The zero-order valence-electron chi connectivity index (χ0n) is 11.1. The molecule has 4 nitrogen and oxygen atoms in total. The number of primary amides is 1. The van der Waals surface area contributed by atoms with E-state index in [0.717, 1.165) is 12.0 Å². The molecular formula is C15H17ClN2O2. The lowest BCUT2D eigenvalue weighted by Gasteiger charge is -2.21. The minimum atomic E-state index is -0.900. The second kappa shape index (κ2) is 4.77. The van der Waals surface area contributed by atoms with Crippen molar-refractivity contribution in [2.45, 2.75) is 25.2 Å². The number of hydrogen-bond acceptors (Lipinski definition) is 2. The highest BCUT2D eigenvalue weighted by atomic mass is 35.5. The molecular weight excluding hydrogens is 276 g/mol. The van der Waals surface area contributed by atoms with E-state index in [4.69, 9.17) is 17.3 Å². The first-order chi connectivity index (χ1) is 9.53. The standard InChI is InChI=1S/C15H17ClN2O2/c16-12-3-1-2-10(8-12)11-4-7-18(9-11)14(20)15(5-6-15)13(17)19/h1-3,8,11H,4-7,9H2,(H2,17,19). The maximum atomic E-state index is 12.4. The molecule has 1 saturated carbocycles. The Kier molecular flexibility index (Phi) is 3.21. The van der Waals surface area contributed by atoms with E-state index in [1.165, 1.54) is 0 Å². The Bertz CT molecular complexity index is 569. The summed E-state index contributed by atoms with van der Waals surface area (Å²) in [6.45, 7) is 1.33. The number of nitrogens with two attached hydrogens (primary N) is 1. The molecule has 20 heavy (non-hydrogen) atoms. The first-order valence-electron chi connectivity index (χ1n) is 6.88. The van der Waals surface area contributed by atoms with Crippen LogP contribution in [0, 0.1) is 5.41 Å². The smallest absolute Gasteiger partial charge is 0.238 e. The first-order valence-corrected chi connectivity index (χ1v) is 7.25. The van der Waals surface area contributed by atoms with Gasteiger partial charge in [-0.2, -0.15) is 0 Å². The van der Waals surface area contributed by atoms with E-state index in [9.17, 15) is 9.59 Å². The van der Waals surface area contributed by atoms with Gasteiger partial charge in [0.1, 0.15) is 5.41 Å². The molecule has 1 aliphatic carbocycles. The average molecular weight is 293 g/mol. The predicted octanol–water partition coefficient (Wildman–Crippen LogP) is 1.92. The maximum absolute atomic E-state index is 12.4. The van der Waals surface area contributed by atoms with Crippen LogP contribution in [0.1, 0.15) is 30.7 Å². The van der Waals surface area contributed by atoms with E-state index in [2.05, 4.69) is 0 Å². The molecule has 1 aliphatic heterocycles. The van der Waals surface area contributed by atoms with E-state index in [1.54, 1.807) is 4.90 Å². The fraction of sp³-hybridized carbons (Fsp3) is 0.467. The summed E-state index contributed by atoms with van der Waals surface area (Å²) < 4.78 is 0. The van der Waals surface area contributed by atoms with E-state index in [-0.39, 0.29) is 5.91 Å². The molecule has 3 rings (SSSR count). The lowest BCUT2D eigenvalue weighted by molar-refractivity contribution is -0.142. The van der Waals surface area contributed by atoms with Gasteiger partial charge in [0.25, 0.3) is 0 Å². The lowest BCUT2D eigenvalue weighted by atomic mass is 9.98. The summed E-state index contributed by atoms with van der Waals surface area (Å²) in [6.07, 6.45) is 2.10. The van der Waals surface area contributed by atoms with Gasteiger partial charge in [-0.05, 0) is 37.0 Å². The molecule has 0 aromatic heterocycles. The molecule has 0 spiro atoms. The zero-order valence-corrected chi connectivity index (χ0v) is 11.9. The van der Waals surface area contributed by atoms with Gasteiger partial charge in [-0.3, -0.25) is 9.59 Å². The quantitative estimate of drug-likeness (QED) is 0.865. The minimum absolute atomic E-state index is 0.0884. The van der Waals surface area contributed by atoms with Crippen molar-refractivity contribution in [3.8, 4) is 0 Å². The highest BCUT2D eigenvalue weighted by Gasteiger charge is 2.57. The number of likely N-dealkylation sites (tertiary alicyclic amines) is 1. The molecule has 5 heteroatoms. The molecule has 106 valence electrons. The summed E-state index contributed by atoms with van der Waals surface area (Å²) in [7, 11) is 0. The van der Waals surface area contributed by atoms with Crippen LogP contribution in [0.3, 0.4) is 0 Å². The van der Waals surface area contributed by atoms with E-state index in [0.29, 0.717) is 36.9 Å². The van der Waals surface area contributed by atoms with Crippen LogP contribution in [-0.2, 0) is 9.59 Å². The van der Waals surface area contributed by atoms with Crippen molar-refractivity contribution in [3.05, 3.63) is 34.9 Å². The van der Waals surface area contributed by atoms with Gasteiger partial charge < -0.3 is 10.6 Å². The summed E-state index contributed by atoms with van der Waals surface area (Å²) in [6, 6.07) is 7.75. The minimum Gasteiger partial charge on any atom is -0.369 e. The number of rotatable bonds is 3. The van der Waals surface area contributed by atoms with Crippen LogP contribution >= 0.6 is 11.6 Å². The molecule has 0 bridgehead atoms. The fourth-order valence-electron chi connectivity index (χ4n) is 2.97. The number of carbonyl (C=O) groups excluding carboxylic acids is 2. The van der Waals surface area contributed by atoms with Gasteiger partial charge in [0.05, 0.1) is 0 Å². The third kappa shape index (κ3) is 2.18. The van der Waals surface area contributed by atoms with Crippen LogP contribution in [-0.4, -0.2) is 29.8 Å². The predicted molar refractivity (Wildman–Crippen MR) is 76.3 cm³/mol. The number of halogens is 1.